The van der Waals surface area contributed by atoms with Crippen LogP contribution in [0.15, 0.2) is 12.4 Å². The number of rotatable bonds is 3. The van der Waals surface area contributed by atoms with Gasteiger partial charge in [-0.1, -0.05) is 19.3 Å². The van der Waals surface area contributed by atoms with Crippen molar-refractivity contribution in [2.75, 3.05) is 43.4 Å². The molecule has 2 amide bonds. The van der Waals surface area contributed by atoms with Crippen LogP contribution in [0.3, 0.4) is 0 Å². The van der Waals surface area contributed by atoms with Crippen LogP contribution in [0, 0.1) is 0 Å². The lowest BCUT2D eigenvalue weighted by Crippen LogP contribution is -2.44. The average Bonchev–Trinajstić information content (AvgIpc) is 2.56. The second-order valence-corrected chi connectivity index (χ2v) is 6.49. The Morgan fingerprint density at radius 3 is 2.61 bits per heavy atom. The van der Waals surface area contributed by atoms with Gasteiger partial charge in [0, 0.05) is 38.3 Å². The largest absolute Gasteiger partial charge is 0.354 e. The third-order valence-corrected chi connectivity index (χ3v) is 4.66. The predicted molar refractivity (Wildman–Crippen MR) is 90.8 cm³/mol. The van der Waals surface area contributed by atoms with E-state index in [9.17, 15) is 4.79 Å². The normalized spacial score (nSPS) is 20.3. The first kappa shape index (κ1) is 16.0. The van der Waals surface area contributed by atoms with E-state index in [-0.39, 0.29) is 6.03 Å². The standard InChI is InChI=1S/C16H26N6O/c1-21-7-9-22(10-8-21)15-11-14(17-12-18-15)20-16(23)19-13-5-3-2-4-6-13/h11-13H,2-10H2,1H3,(H2,17,18,19,20,23). The van der Waals surface area contributed by atoms with Crippen LogP contribution in [-0.2, 0) is 0 Å². The summed E-state index contributed by atoms with van der Waals surface area (Å²) in [5.74, 6) is 1.43. The number of hydrogen-bond donors (Lipinski definition) is 2. The van der Waals surface area contributed by atoms with Gasteiger partial charge in [-0.25, -0.2) is 14.8 Å². The second-order valence-electron chi connectivity index (χ2n) is 6.49. The van der Waals surface area contributed by atoms with Crippen molar-refractivity contribution < 1.29 is 4.79 Å². The number of likely N-dealkylation sites (N-methyl/N-ethyl adjacent to an activating group) is 1. The second kappa shape index (κ2) is 7.59. The zero-order chi connectivity index (χ0) is 16.1. The average molecular weight is 318 g/mol. The Bertz CT molecular complexity index is 523. The summed E-state index contributed by atoms with van der Waals surface area (Å²) in [6.07, 6.45) is 7.34. The zero-order valence-corrected chi connectivity index (χ0v) is 13.8. The molecule has 1 aromatic rings. The number of carbonyl (C=O) groups is 1. The molecule has 1 saturated carbocycles. The summed E-state index contributed by atoms with van der Waals surface area (Å²) in [5, 5.41) is 5.88. The predicted octanol–water partition coefficient (Wildman–Crippen LogP) is 1.68. The van der Waals surface area contributed by atoms with Gasteiger partial charge in [0.25, 0.3) is 0 Å². The maximum Gasteiger partial charge on any atom is 0.320 e. The van der Waals surface area contributed by atoms with Crippen molar-refractivity contribution in [1.82, 2.24) is 20.2 Å². The minimum absolute atomic E-state index is 0.167. The zero-order valence-electron chi connectivity index (χ0n) is 13.8. The summed E-state index contributed by atoms with van der Waals surface area (Å²) in [6, 6.07) is 1.98. The molecule has 3 rings (SSSR count). The molecule has 2 N–H and O–H groups in total. The Balaban J connectivity index is 1.55. The summed E-state index contributed by atoms with van der Waals surface area (Å²) in [7, 11) is 2.12. The van der Waals surface area contributed by atoms with Crippen molar-refractivity contribution in [1.29, 1.82) is 0 Å². The van der Waals surface area contributed by atoms with Crippen molar-refractivity contribution in [2.45, 2.75) is 38.1 Å². The molecule has 2 aliphatic rings. The molecule has 0 radical (unpaired) electrons. The molecule has 1 aliphatic heterocycles. The van der Waals surface area contributed by atoms with Crippen LogP contribution in [0.2, 0.25) is 0 Å². The Morgan fingerprint density at radius 1 is 1.13 bits per heavy atom. The summed E-state index contributed by atoms with van der Waals surface area (Å²) in [5.41, 5.74) is 0. The minimum Gasteiger partial charge on any atom is -0.354 e. The first-order valence-corrected chi connectivity index (χ1v) is 8.54. The summed E-state index contributed by atoms with van der Waals surface area (Å²) in [4.78, 5) is 25.1. The topological polar surface area (TPSA) is 73.4 Å². The van der Waals surface area contributed by atoms with E-state index >= 15 is 0 Å². The van der Waals surface area contributed by atoms with E-state index in [1.54, 1.807) is 0 Å². The van der Waals surface area contributed by atoms with Gasteiger partial charge in [-0.05, 0) is 19.9 Å². The number of aromatic nitrogens is 2. The summed E-state index contributed by atoms with van der Waals surface area (Å²) >= 11 is 0. The summed E-state index contributed by atoms with van der Waals surface area (Å²) < 4.78 is 0. The van der Waals surface area contributed by atoms with Crippen LogP contribution in [0.1, 0.15) is 32.1 Å². The van der Waals surface area contributed by atoms with E-state index < -0.39 is 0 Å². The van der Waals surface area contributed by atoms with Crippen molar-refractivity contribution >= 4 is 17.7 Å². The van der Waals surface area contributed by atoms with Gasteiger partial charge in [0.1, 0.15) is 18.0 Å². The Hall–Kier alpha value is -1.89. The van der Waals surface area contributed by atoms with Crippen LogP contribution in [0.25, 0.3) is 0 Å². The molecule has 2 fully saturated rings. The van der Waals surface area contributed by atoms with Gasteiger partial charge < -0.3 is 15.1 Å². The molecule has 0 atom stereocenters. The van der Waals surface area contributed by atoms with Gasteiger partial charge in [-0.3, -0.25) is 5.32 Å². The van der Waals surface area contributed by atoms with Gasteiger partial charge in [0.15, 0.2) is 0 Å². The Kier molecular flexibility index (Phi) is 5.27. The quantitative estimate of drug-likeness (QED) is 0.887. The molecule has 23 heavy (non-hydrogen) atoms. The van der Waals surface area contributed by atoms with Crippen LogP contribution in [-0.4, -0.2) is 60.2 Å². The molecule has 2 heterocycles. The lowest BCUT2D eigenvalue weighted by Gasteiger charge is -2.33. The van der Waals surface area contributed by atoms with E-state index in [2.05, 4.69) is 37.4 Å². The highest BCUT2D eigenvalue weighted by Crippen LogP contribution is 2.18. The van der Waals surface area contributed by atoms with E-state index in [4.69, 9.17) is 0 Å². The number of carbonyl (C=O) groups excluding carboxylic acids is 1. The SMILES string of the molecule is CN1CCN(c2cc(NC(=O)NC3CCCCC3)ncn2)CC1. The van der Waals surface area contributed by atoms with E-state index in [1.807, 2.05) is 6.07 Å². The van der Waals surface area contributed by atoms with Crippen molar-refractivity contribution in [3.63, 3.8) is 0 Å². The van der Waals surface area contributed by atoms with Crippen molar-refractivity contribution in [3.8, 4) is 0 Å². The van der Waals surface area contributed by atoms with Crippen molar-refractivity contribution in [2.24, 2.45) is 0 Å². The summed E-state index contributed by atoms with van der Waals surface area (Å²) in [6.45, 7) is 3.94. The fourth-order valence-electron chi connectivity index (χ4n) is 3.21. The van der Waals surface area contributed by atoms with Gasteiger partial charge in [0.05, 0.1) is 0 Å². The van der Waals surface area contributed by atoms with Gasteiger partial charge >= 0.3 is 6.03 Å². The number of nitrogens with one attached hydrogen (secondary N) is 2. The number of anilines is 2. The molecule has 126 valence electrons. The van der Waals surface area contributed by atoms with Crippen LogP contribution in [0.4, 0.5) is 16.4 Å². The first-order valence-electron chi connectivity index (χ1n) is 8.54. The van der Waals surface area contributed by atoms with E-state index in [0.717, 1.165) is 44.8 Å². The van der Waals surface area contributed by atoms with Gasteiger partial charge in [-0.15, -0.1) is 0 Å². The molecule has 0 bridgehead atoms. The fraction of sp³-hybridized carbons (Fsp3) is 0.688. The lowest BCUT2D eigenvalue weighted by molar-refractivity contribution is 0.244. The molecular formula is C16H26N6O. The minimum atomic E-state index is -0.167. The number of hydrogen-bond acceptors (Lipinski definition) is 5. The number of amides is 2. The lowest BCUT2D eigenvalue weighted by atomic mass is 9.96. The van der Waals surface area contributed by atoms with E-state index in [0.29, 0.717) is 11.9 Å². The smallest absolute Gasteiger partial charge is 0.320 e. The molecule has 7 heteroatoms. The highest BCUT2D eigenvalue weighted by atomic mass is 16.2. The molecule has 7 nitrogen and oxygen atoms in total. The van der Waals surface area contributed by atoms with Gasteiger partial charge in [-0.2, -0.15) is 0 Å². The van der Waals surface area contributed by atoms with Crippen molar-refractivity contribution in [3.05, 3.63) is 12.4 Å². The fourth-order valence-corrected chi connectivity index (χ4v) is 3.21. The molecule has 0 aromatic carbocycles. The number of nitrogens with zero attached hydrogens (tertiary/aromatic N) is 4. The third-order valence-electron chi connectivity index (χ3n) is 4.66. The number of urea groups is 1. The molecule has 0 spiro atoms. The molecule has 0 unspecified atom stereocenters. The Morgan fingerprint density at radius 2 is 1.87 bits per heavy atom. The first-order chi connectivity index (χ1) is 11.2. The van der Waals surface area contributed by atoms with Crippen LogP contribution in [0.5, 0.6) is 0 Å². The molecular weight excluding hydrogens is 292 g/mol. The highest BCUT2D eigenvalue weighted by molar-refractivity contribution is 5.88. The molecule has 1 saturated heterocycles. The third kappa shape index (κ3) is 4.54. The highest BCUT2D eigenvalue weighted by Gasteiger charge is 2.18. The van der Waals surface area contributed by atoms with Gasteiger partial charge in [0.2, 0.25) is 0 Å². The maximum absolute atomic E-state index is 12.1. The van der Waals surface area contributed by atoms with Crippen LogP contribution >= 0.6 is 0 Å². The molecule has 1 aromatic heterocycles. The number of piperazine rings is 1. The Labute approximate surface area is 137 Å². The van der Waals surface area contributed by atoms with Crippen LogP contribution < -0.4 is 15.5 Å². The molecule has 1 aliphatic carbocycles. The van der Waals surface area contributed by atoms with E-state index in [1.165, 1.54) is 25.6 Å². The maximum atomic E-state index is 12.1. The monoisotopic (exact) mass is 318 g/mol.